The van der Waals surface area contributed by atoms with Gasteiger partial charge in [0.25, 0.3) is 0 Å². The van der Waals surface area contributed by atoms with Gasteiger partial charge in [-0.05, 0) is 44.7 Å². The van der Waals surface area contributed by atoms with Crippen molar-refractivity contribution in [1.29, 1.82) is 0 Å². The molecule has 3 rings (SSSR count). The first kappa shape index (κ1) is 25.9. The molecule has 0 aromatic heterocycles. The molecule has 2 unspecified atom stereocenters. The van der Waals surface area contributed by atoms with E-state index in [0.717, 1.165) is 11.1 Å². The van der Waals surface area contributed by atoms with E-state index in [4.69, 9.17) is 20.3 Å². The normalized spacial score (nSPS) is 14.5. The monoisotopic (exact) mass is 455 g/mol. The van der Waals surface area contributed by atoms with E-state index in [9.17, 15) is 14.7 Å². The van der Waals surface area contributed by atoms with E-state index in [1.807, 2.05) is 57.2 Å². The zero-order chi connectivity index (χ0) is 24.7. The number of carbonyl (C=O) groups is 2. The Morgan fingerprint density at radius 3 is 2.42 bits per heavy atom. The van der Waals surface area contributed by atoms with Crippen LogP contribution in [-0.2, 0) is 22.6 Å². The van der Waals surface area contributed by atoms with Crippen molar-refractivity contribution in [2.45, 2.75) is 53.2 Å². The Hall–Kier alpha value is -3.32. The lowest BCUT2D eigenvalue weighted by Crippen LogP contribution is -2.09. The molecule has 2 atom stereocenters. The van der Waals surface area contributed by atoms with Crippen molar-refractivity contribution in [3.05, 3.63) is 69.8 Å². The highest BCUT2D eigenvalue weighted by atomic mass is 16.5. The fourth-order valence-electron chi connectivity index (χ4n) is 3.71. The summed E-state index contributed by atoms with van der Waals surface area (Å²) in [5.74, 6) is -1.45. The summed E-state index contributed by atoms with van der Waals surface area (Å²) in [5.41, 5.74) is 9.84. The van der Waals surface area contributed by atoms with Gasteiger partial charge in [0.1, 0.15) is 23.7 Å². The lowest BCUT2D eigenvalue weighted by Gasteiger charge is -2.16. The van der Waals surface area contributed by atoms with Crippen LogP contribution in [0.4, 0.5) is 0 Å². The number of benzene rings is 2. The molecular weight excluding hydrogens is 422 g/mol. The van der Waals surface area contributed by atoms with Crippen molar-refractivity contribution in [3.8, 4) is 11.5 Å². The number of esters is 1. The van der Waals surface area contributed by atoms with Gasteiger partial charge >= 0.3 is 11.9 Å². The number of carbonyl (C=O) groups excluding carboxylic acids is 1. The van der Waals surface area contributed by atoms with Crippen LogP contribution >= 0.6 is 0 Å². The number of nitrogens with two attached hydrogens (primary N) is 1. The molecule has 0 aliphatic carbocycles. The second-order valence-electron chi connectivity index (χ2n) is 8.31. The molecule has 1 heterocycles. The van der Waals surface area contributed by atoms with Crippen molar-refractivity contribution >= 4 is 11.9 Å². The molecule has 0 radical (unpaired) electrons. The minimum atomic E-state index is -0.848. The third-order valence-electron chi connectivity index (χ3n) is 5.68. The van der Waals surface area contributed by atoms with Crippen molar-refractivity contribution in [2.75, 3.05) is 7.11 Å². The van der Waals surface area contributed by atoms with Gasteiger partial charge in [-0.15, -0.1) is 0 Å². The second-order valence-corrected chi connectivity index (χ2v) is 8.31. The molecule has 2 aromatic carbocycles. The Bertz CT molecular complexity index is 1030. The molecule has 0 amide bonds. The van der Waals surface area contributed by atoms with Gasteiger partial charge in [0.15, 0.2) is 0 Å². The summed E-state index contributed by atoms with van der Waals surface area (Å²) in [4.78, 5) is 22.8. The zero-order valence-electron chi connectivity index (χ0n) is 19.8. The Labute approximate surface area is 194 Å². The van der Waals surface area contributed by atoms with Crippen LogP contribution in [-0.4, -0.2) is 29.3 Å². The van der Waals surface area contributed by atoms with Gasteiger partial charge in [0, 0.05) is 17.2 Å². The number of fused-ring (bicyclic) bond motifs is 1. The fourth-order valence-corrected chi connectivity index (χ4v) is 3.71. The van der Waals surface area contributed by atoms with E-state index in [2.05, 4.69) is 0 Å². The highest BCUT2D eigenvalue weighted by molar-refractivity contribution is 5.98. The Balaban J connectivity index is 0.000000357. The van der Waals surface area contributed by atoms with Crippen molar-refractivity contribution in [3.63, 3.8) is 0 Å². The number of hydrogen-bond donors (Lipinski definition) is 3. The number of carboxylic acids is 1. The van der Waals surface area contributed by atoms with E-state index >= 15 is 0 Å². The maximum atomic E-state index is 11.8. The highest BCUT2D eigenvalue weighted by Crippen LogP contribution is 2.42. The topological polar surface area (TPSA) is 119 Å². The van der Waals surface area contributed by atoms with Crippen LogP contribution in [0.3, 0.4) is 0 Å². The van der Waals surface area contributed by atoms with Crippen LogP contribution < -0.4 is 10.5 Å². The van der Waals surface area contributed by atoms with Crippen LogP contribution in [0.15, 0.2) is 42.0 Å². The van der Waals surface area contributed by atoms with E-state index in [0.29, 0.717) is 29.7 Å². The standard InChI is InChI=1S/C18H22O6.C8H11N/c1-9(7-10(2)17(20)21)5-6-12-15(19)14-13(8-24-18(14)22)11(3)16(12)23-4;1-7(9)8-5-3-2-4-6-8/h5,10,19H,6-8H2,1-4H3,(H,20,21);2-7H,9H2,1H3. The predicted molar refractivity (Wildman–Crippen MR) is 126 cm³/mol. The number of carboxylic acid groups (broad SMARTS) is 1. The summed E-state index contributed by atoms with van der Waals surface area (Å²) in [6, 6.07) is 10.2. The van der Waals surface area contributed by atoms with E-state index in [1.54, 1.807) is 6.92 Å². The second kappa shape index (κ2) is 11.5. The number of ether oxygens (including phenoxy) is 2. The van der Waals surface area contributed by atoms with Crippen molar-refractivity contribution in [1.82, 2.24) is 0 Å². The molecule has 0 saturated carbocycles. The molecular formula is C26H33NO6. The number of cyclic esters (lactones) is 1. The van der Waals surface area contributed by atoms with Crippen LogP contribution in [0, 0.1) is 12.8 Å². The largest absolute Gasteiger partial charge is 0.507 e. The molecule has 33 heavy (non-hydrogen) atoms. The fraction of sp³-hybridized carbons (Fsp3) is 0.385. The first-order chi connectivity index (χ1) is 15.6. The SMILES string of the molecule is CC(N)c1ccccc1.COc1c(C)c2c(c(O)c1CC=C(C)CC(C)C(=O)O)C(=O)OC2. The minimum absolute atomic E-state index is 0.120. The lowest BCUT2D eigenvalue weighted by atomic mass is 9.94. The van der Waals surface area contributed by atoms with Crippen molar-refractivity contribution in [2.24, 2.45) is 11.7 Å². The van der Waals surface area contributed by atoms with Crippen LogP contribution in [0.25, 0.3) is 0 Å². The Morgan fingerprint density at radius 1 is 1.27 bits per heavy atom. The quantitative estimate of drug-likeness (QED) is 0.409. The molecule has 0 saturated heterocycles. The van der Waals surface area contributed by atoms with Crippen LogP contribution in [0.1, 0.15) is 65.8 Å². The maximum absolute atomic E-state index is 11.8. The number of allylic oxidation sites excluding steroid dienone is 2. The van der Waals surface area contributed by atoms with Crippen molar-refractivity contribution < 1.29 is 29.3 Å². The summed E-state index contributed by atoms with van der Waals surface area (Å²) in [6.07, 6.45) is 2.61. The molecule has 178 valence electrons. The summed E-state index contributed by atoms with van der Waals surface area (Å²) >= 11 is 0. The van der Waals surface area contributed by atoms with Gasteiger partial charge < -0.3 is 25.4 Å². The van der Waals surface area contributed by atoms with Crippen LogP contribution in [0.5, 0.6) is 11.5 Å². The number of hydrogen-bond acceptors (Lipinski definition) is 6. The van der Waals surface area contributed by atoms with E-state index < -0.39 is 17.9 Å². The third-order valence-corrected chi connectivity index (χ3v) is 5.68. The van der Waals surface area contributed by atoms with E-state index in [1.165, 1.54) is 12.7 Å². The molecule has 0 bridgehead atoms. The number of phenolic OH excluding ortho intramolecular Hbond substituents is 1. The average molecular weight is 456 g/mol. The third kappa shape index (κ3) is 6.35. The molecule has 1 aliphatic rings. The number of aliphatic carboxylic acids is 1. The molecule has 1 aliphatic heterocycles. The Morgan fingerprint density at radius 2 is 1.91 bits per heavy atom. The highest BCUT2D eigenvalue weighted by Gasteiger charge is 2.31. The van der Waals surface area contributed by atoms with Gasteiger partial charge in [-0.3, -0.25) is 4.79 Å². The van der Waals surface area contributed by atoms with Crippen LogP contribution in [0.2, 0.25) is 0 Å². The van der Waals surface area contributed by atoms with Gasteiger partial charge in [-0.2, -0.15) is 0 Å². The van der Waals surface area contributed by atoms with Gasteiger partial charge in [-0.1, -0.05) is 48.9 Å². The maximum Gasteiger partial charge on any atom is 0.342 e. The predicted octanol–water partition coefficient (Wildman–Crippen LogP) is 4.69. The number of methoxy groups -OCH3 is 1. The molecule has 2 aromatic rings. The first-order valence-corrected chi connectivity index (χ1v) is 10.9. The van der Waals surface area contributed by atoms with Gasteiger partial charge in [-0.25, -0.2) is 4.79 Å². The summed E-state index contributed by atoms with van der Waals surface area (Å²) < 4.78 is 10.4. The molecule has 7 heteroatoms. The van der Waals surface area contributed by atoms with Gasteiger partial charge in [0.2, 0.25) is 0 Å². The summed E-state index contributed by atoms with van der Waals surface area (Å²) in [6.45, 7) is 7.43. The molecule has 0 spiro atoms. The molecule has 7 nitrogen and oxygen atoms in total. The Kier molecular flexibility index (Phi) is 9.05. The minimum Gasteiger partial charge on any atom is -0.507 e. The first-order valence-electron chi connectivity index (χ1n) is 10.9. The summed E-state index contributed by atoms with van der Waals surface area (Å²) in [7, 11) is 1.51. The number of phenols is 1. The smallest absolute Gasteiger partial charge is 0.342 e. The number of aromatic hydroxyl groups is 1. The summed E-state index contributed by atoms with van der Waals surface area (Å²) in [5, 5.41) is 19.5. The zero-order valence-corrected chi connectivity index (χ0v) is 19.8. The molecule has 0 fully saturated rings. The van der Waals surface area contributed by atoms with Gasteiger partial charge in [0.05, 0.1) is 13.0 Å². The number of rotatable bonds is 7. The molecule has 4 N–H and O–H groups in total. The van der Waals surface area contributed by atoms with E-state index in [-0.39, 0.29) is 24.0 Å². The average Bonchev–Trinajstić information content (AvgIpc) is 3.18. The lowest BCUT2D eigenvalue weighted by molar-refractivity contribution is -0.141.